The predicted molar refractivity (Wildman–Crippen MR) is 81.9 cm³/mol. The molecule has 21 heavy (non-hydrogen) atoms. The number of carbonyl (C=O) groups is 1. The number of nitrogens with zero attached hydrogens (tertiary/aromatic N) is 2. The van der Waals surface area contributed by atoms with Crippen LogP contribution in [0.15, 0.2) is 0 Å². The topological polar surface area (TPSA) is 58.8 Å². The molecule has 1 atom stereocenters. The lowest BCUT2D eigenvalue weighted by atomic mass is 9.78. The van der Waals surface area contributed by atoms with E-state index < -0.39 is 0 Å². The minimum Gasteiger partial charge on any atom is -0.381 e. The van der Waals surface area contributed by atoms with Crippen molar-refractivity contribution in [2.45, 2.75) is 44.6 Å². The second kappa shape index (κ2) is 6.63. The minimum absolute atomic E-state index is 0.289. The van der Waals surface area contributed by atoms with Crippen LogP contribution in [0.1, 0.15) is 38.5 Å². The van der Waals surface area contributed by atoms with E-state index in [1.54, 1.807) is 0 Å². The third kappa shape index (κ3) is 3.10. The van der Waals surface area contributed by atoms with Crippen molar-refractivity contribution in [1.29, 1.82) is 0 Å². The van der Waals surface area contributed by atoms with Crippen molar-refractivity contribution in [3.8, 4) is 0 Å². The van der Waals surface area contributed by atoms with Crippen LogP contribution in [0.4, 0.5) is 0 Å². The summed E-state index contributed by atoms with van der Waals surface area (Å²) in [6, 6.07) is 0.569. The predicted octanol–water partition coefficient (Wildman–Crippen LogP) is 0.829. The van der Waals surface area contributed by atoms with E-state index in [0.717, 1.165) is 32.4 Å². The molecule has 3 rings (SSSR count). The van der Waals surface area contributed by atoms with Crippen molar-refractivity contribution < 1.29 is 9.53 Å². The van der Waals surface area contributed by atoms with Gasteiger partial charge in [0.25, 0.3) is 0 Å². The van der Waals surface area contributed by atoms with Crippen LogP contribution in [0.5, 0.6) is 0 Å². The Morgan fingerprint density at radius 2 is 1.86 bits per heavy atom. The number of piperidine rings is 1. The Kier molecular flexibility index (Phi) is 4.82. The standard InChI is InChI=1S/C16H29N3O2/c17-13-16(5-10-21-11-6-16)15(20)19-9-3-4-14(12-19)18-7-1-2-8-18/h14H,1-13,17H2. The van der Waals surface area contributed by atoms with Crippen LogP contribution >= 0.6 is 0 Å². The van der Waals surface area contributed by atoms with Crippen LogP contribution in [0.3, 0.4) is 0 Å². The van der Waals surface area contributed by atoms with Crippen LogP contribution in [0.2, 0.25) is 0 Å². The molecule has 3 heterocycles. The molecule has 0 aliphatic carbocycles. The van der Waals surface area contributed by atoms with Crippen molar-refractivity contribution in [3.05, 3.63) is 0 Å². The van der Waals surface area contributed by atoms with Crippen molar-refractivity contribution >= 4 is 5.91 Å². The highest BCUT2D eigenvalue weighted by molar-refractivity contribution is 5.83. The van der Waals surface area contributed by atoms with Gasteiger partial charge in [-0.05, 0) is 51.6 Å². The van der Waals surface area contributed by atoms with Crippen LogP contribution < -0.4 is 5.73 Å². The van der Waals surface area contributed by atoms with Gasteiger partial charge in [0.15, 0.2) is 0 Å². The van der Waals surface area contributed by atoms with Crippen LogP contribution in [0, 0.1) is 5.41 Å². The molecular formula is C16H29N3O2. The maximum atomic E-state index is 13.0. The number of hydrogen-bond acceptors (Lipinski definition) is 4. The van der Waals surface area contributed by atoms with Crippen LogP contribution in [0.25, 0.3) is 0 Å². The zero-order valence-electron chi connectivity index (χ0n) is 13.1. The average molecular weight is 295 g/mol. The van der Waals surface area contributed by atoms with E-state index in [2.05, 4.69) is 9.80 Å². The van der Waals surface area contributed by atoms with Gasteiger partial charge in [0, 0.05) is 38.9 Å². The van der Waals surface area contributed by atoms with E-state index in [9.17, 15) is 4.79 Å². The Bertz CT molecular complexity index is 363. The second-order valence-electron chi connectivity index (χ2n) is 6.89. The maximum absolute atomic E-state index is 13.0. The summed E-state index contributed by atoms with van der Waals surface area (Å²) in [5, 5.41) is 0. The fourth-order valence-electron chi connectivity index (χ4n) is 4.15. The molecule has 0 aromatic rings. The van der Waals surface area contributed by atoms with Gasteiger partial charge in [0.05, 0.1) is 5.41 Å². The lowest BCUT2D eigenvalue weighted by Crippen LogP contribution is -2.56. The highest BCUT2D eigenvalue weighted by Crippen LogP contribution is 2.33. The normalized spacial score (nSPS) is 30.5. The van der Waals surface area contributed by atoms with Gasteiger partial charge in [-0.2, -0.15) is 0 Å². The molecule has 1 amide bonds. The molecular weight excluding hydrogens is 266 g/mol. The lowest BCUT2D eigenvalue weighted by Gasteiger charge is -2.43. The van der Waals surface area contributed by atoms with Crippen LogP contribution in [-0.4, -0.2) is 67.7 Å². The molecule has 120 valence electrons. The first-order chi connectivity index (χ1) is 10.2. The average Bonchev–Trinajstić information content (AvgIpc) is 3.09. The third-order valence-corrected chi connectivity index (χ3v) is 5.64. The first-order valence-electron chi connectivity index (χ1n) is 8.56. The van der Waals surface area contributed by atoms with Gasteiger partial charge < -0.3 is 15.4 Å². The molecule has 2 N–H and O–H groups in total. The number of ether oxygens (including phenoxy) is 1. The lowest BCUT2D eigenvalue weighted by molar-refractivity contribution is -0.149. The largest absolute Gasteiger partial charge is 0.381 e. The zero-order chi connectivity index (χ0) is 14.7. The van der Waals surface area contributed by atoms with Gasteiger partial charge in [-0.1, -0.05) is 0 Å². The second-order valence-corrected chi connectivity index (χ2v) is 6.89. The van der Waals surface area contributed by atoms with Gasteiger partial charge in [0.1, 0.15) is 0 Å². The Morgan fingerprint density at radius 3 is 2.52 bits per heavy atom. The number of likely N-dealkylation sites (tertiary alicyclic amines) is 2. The Labute approximate surface area is 127 Å². The molecule has 0 aromatic heterocycles. The quantitative estimate of drug-likeness (QED) is 0.838. The molecule has 0 spiro atoms. The van der Waals surface area contributed by atoms with Gasteiger partial charge in [-0.15, -0.1) is 0 Å². The van der Waals surface area contributed by atoms with E-state index in [4.69, 9.17) is 10.5 Å². The number of rotatable bonds is 3. The Balaban J connectivity index is 1.65. The summed E-state index contributed by atoms with van der Waals surface area (Å²) < 4.78 is 5.43. The van der Waals surface area contributed by atoms with E-state index in [1.807, 2.05) is 0 Å². The molecule has 3 aliphatic rings. The molecule has 5 nitrogen and oxygen atoms in total. The molecule has 0 bridgehead atoms. The number of amides is 1. The minimum atomic E-state index is -0.356. The molecule has 1 unspecified atom stereocenters. The molecule has 3 aliphatic heterocycles. The molecule has 5 heteroatoms. The summed E-state index contributed by atoms with van der Waals surface area (Å²) >= 11 is 0. The fourth-order valence-corrected chi connectivity index (χ4v) is 4.15. The summed E-state index contributed by atoms with van der Waals surface area (Å²) in [5.74, 6) is 0.289. The summed E-state index contributed by atoms with van der Waals surface area (Å²) in [6.07, 6.45) is 6.57. The van der Waals surface area contributed by atoms with Gasteiger partial charge in [0.2, 0.25) is 5.91 Å². The van der Waals surface area contributed by atoms with Crippen LogP contribution in [-0.2, 0) is 9.53 Å². The van der Waals surface area contributed by atoms with Gasteiger partial charge in [-0.25, -0.2) is 0 Å². The number of nitrogens with two attached hydrogens (primary N) is 1. The molecule has 0 radical (unpaired) electrons. The highest BCUT2D eigenvalue weighted by atomic mass is 16.5. The summed E-state index contributed by atoms with van der Waals surface area (Å²) in [7, 11) is 0. The van der Waals surface area contributed by atoms with E-state index in [0.29, 0.717) is 25.8 Å². The smallest absolute Gasteiger partial charge is 0.230 e. The fraction of sp³-hybridized carbons (Fsp3) is 0.938. The highest BCUT2D eigenvalue weighted by Gasteiger charge is 2.43. The SMILES string of the molecule is NCC1(C(=O)N2CCCC(N3CCCC3)C2)CCOCC1. The maximum Gasteiger partial charge on any atom is 0.230 e. The monoisotopic (exact) mass is 295 g/mol. The summed E-state index contributed by atoms with van der Waals surface area (Å²) in [6.45, 7) is 6.04. The van der Waals surface area contributed by atoms with Gasteiger partial charge >= 0.3 is 0 Å². The molecule has 0 aromatic carbocycles. The van der Waals surface area contributed by atoms with Crippen molar-refractivity contribution in [3.63, 3.8) is 0 Å². The first kappa shape index (κ1) is 15.3. The first-order valence-corrected chi connectivity index (χ1v) is 8.56. The number of carbonyl (C=O) groups excluding carboxylic acids is 1. The zero-order valence-corrected chi connectivity index (χ0v) is 13.1. The molecule has 3 saturated heterocycles. The number of hydrogen-bond donors (Lipinski definition) is 1. The van der Waals surface area contributed by atoms with E-state index in [1.165, 1.54) is 32.4 Å². The summed E-state index contributed by atoms with van der Waals surface area (Å²) in [5.41, 5.74) is 5.63. The van der Waals surface area contributed by atoms with E-state index in [-0.39, 0.29) is 11.3 Å². The van der Waals surface area contributed by atoms with Crippen molar-refractivity contribution in [2.24, 2.45) is 11.1 Å². The third-order valence-electron chi connectivity index (χ3n) is 5.64. The van der Waals surface area contributed by atoms with E-state index >= 15 is 0 Å². The van der Waals surface area contributed by atoms with Crippen molar-refractivity contribution in [1.82, 2.24) is 9.80 Å². The Hall–Kier alpha value is -0.650. The van der Waals surface area contributed by atoms with Gasteiger partial charge in [-0.3, -0.25) is 9.69 Å². The van der Waals surface area contributed by atoms with Crippen molar-refractivity contribution in [2.75, 3.05) is 45.9 Å². The summed E-state index contributed by atoms with van der Waals surface area (Å²) in [4.78, 5) is 17.7. The molecule has 3 fully saturated rings. The molecule has 0 saturated carbocycles. The Morgan fingerprint density at radius 1 is 1.14 bits per heavy atom.